The van der Waals surface area contributed by atoms with Gasteiger partial charge in [-0.1, -0.05) is 48.5 Å². The van der Waals surface area contributed by atoms with Gasteiger partial charge in [-0.2, -0.15) is 0 Å². The highest BCUT2D eigenvalue weighted by Crippen LogP contribution is 2.28. The molecule has 5 nitrogen and oxygen atoms in total. The largest absolute Gasteiger partial charge is 0.379 e. The fourth-order valence-corrected chi connectivity index (χ4v) is 3.89. The fourth-order valence-electron chi connectivity index (χ4n) is 3.89. The first-order valence-electron chi connectivity index (χ1n) is 9.85. The number of carbonyl (C=O) groups excluding carboxylic acids is 2. The van der Waals surface area contributed by atoms with Gasteiger partial charge < -0.3 is 10.5 Å². The van der Waals surface area contributed by atoms with Crippen molar-refractivity contribution in [3.63, 3.8) is 0 Å². The number of primary amides is 1. The van der Waals surface area contributed by atoms with Gasteiger partial charge in [-0.05, 0) is 34.5 Å². The molecule has 0 spiro atoms. The van der Waals surface area contributed by atoms with Crippen molar-refractivity contribution in [1.29, 1.82) is 0 Å². The Hall–Kier alpha value is -3.02. The van der Waals surface area contributed by atoms with Crippen molar-refractivity contribution in [1.82, 2.24) is 4.90 Å². The van der Waals surface area contributed by atoms with Crippen molar-refractivity contribution in [3.8, 4) is 0 Å². The van der Waals surface area contributed by atoms with Crippen molar-refractivity contribution in [3.05, 3.63) is 83.4 Å². The molecule has 1 heterocycles. The van der Waals surface area contributed by atoms with Crippen LogP contribution in [-0.2, 0) is 4.74 Å². The van der Waals surface area contributed by atoms with Crippen LogP contribution in [0.25, 0.3) is 10.8 Å². The third kappa shape index (κ3) is 4.36. The van der Waals surface area contributed by atoms with E-state index in [0.29, 0.717) is 30.8 Å². The Morgan fingerprint density at radius 3 is 2.17 bits per heavy atom. The lowest BCUT2D eigenvalue weighted by molar-refractivity contribution is 0.0145. The number of morpholine rings is 1. The molecule has 1 saturated heterocycles. The number of hydrogen-bond acceptors (Lipinski definition) is 4. The number of benzene rings is 3. The summed E-state index contributed by atoms with van der Waals surface area (Å²) < 4.78 is 5.49. The fraction of sp³-hybridized carbons (Fsp3) is 0.250. The Morgan fingerprint density at radius 2 is 1.52 bits per heavy atom. The summed E-state index contributed by atoms with van der Waals surface area (Å²) in [5.41, 5.74) is 7.65. The number of nitrogens with zero attached hydrogens (tertiary/aromatic N) is 1. The molecule has 5 heteroatoms. The lowest BCUT2D eigenvalue weighted by Crippen LogP contribution is -2.39. The topological polar surface area (TPSA) is 72.6 Å². The number of ketones is 1. The van der Waals surface area contributed by atoms with Crippen LogP contribution in [0, 0.1) is 0 Å². The first-order valence-corrected chi connectivity index (χ1v) is 9.85. The van der Waals surface area contributed by atoms with Gasteiger partial charge in [0.05, 0.1) is 13.2 Å². The van der Waals surface area contributed by atoms with E-state index in [1.807, 2.05) is 42.5 Å². The molecule has 1 aliphatic heterocycles. The standard InChI is InChI=1S/C24H24N2O3/c25-24(28)21-9-7-18-14-20(8-6-19(18)15-21)23(27)16-22(17-4-2-1-3-5-17)26-10-12-29-13-11-26/h1-9,14-15,22H,10-13,16H2,(H2,25,28)/t22-/m0/s1. The summed E-state index contributed by atoms with van der Waals surface area (Å²) in [6, 6.07) is 21.1. The van der Waals surface area contributed by atoms with Gasteiger partial charge in [0.15, 0.2) is 5.78 Å². The minimum absolute atomic E-state index is 0.0283. The quantitative estimate of drug-likeness (QED) is 0.655. The van der Waals surface area contributed by atoms with Crippen molar-refractivity contribution in [2.45, 2.75) is 12.5 Å². The predicted octanol–water partition coefficient (Wildman–Crippen LogP) is 3.59. The highest BCUT2D eigenvalue weighted by molar-refractivity contribution is 6.02. The monoisotopic (exact) mass is 388 g/mol. The van der Waals surface area contributed by atoms with Gasteiger partial charge in [-0.25, -0.2) is 0 Å². The van der Waals surface area contributed by atoms with Crippen LogP contribution in [0.5, 0.6) is 0 Å². The summed E-state index contributed by atoms with van der Waals surface area (Å²) in [6.07, 6.45) is 0.412. The second-order valence-corrected chi connectivity index (χ2v) is 7.34. The molecular weight excluding hydrogens is 364 g/mol. The van der Waals surface area contributed by atoms with E-state index in [1.54, 1.807) is 12.1 Å². The Balaban J connectivity index is 1.59. The second kappa shape index (κ2) is 8.55. The number of rotatable bonds is 6. The minimum Gasteiger partial charge on any atom is -0.379 e. The number of nitrogens with two attached hydrogens (primary N) is 1. The zero-order valence-electron chi connectivity index (χ0n) is 16.2. The second-order valence-electron chi connectivity index (χ2n) is 7.34. The lowest BCUT2D eigenvalue weighted by atomic mass is 9.95. The van der Waals surface area contributed by atoms with Crippen LogP contribution in [-0.4, -0.2) is 42.9 Å². The van der Waals surface area contributed by atoms with E-state index < -0.39 is 5.91 Å². The van der Waals surface area contributed by atoms with Crippen molar-refractivity contribution in [2.24, 2.45) is 5.73 Å². The molecular formula is C24H24N2O3. The molecule has 3 aromatic carbocycles. The third-order valence-corrected chi connectivity index (χ3v) is 5.50. The van der Waals surface area contributed by atoms with Crippen LogP contribution in [0.2, 0.25) is 0 Å². The Kier molecular flexibility index (Phi) is 5.69. The Bertz CT molecular complexity index is 1030. The number of carbonyl (C=O) groups is 2. The third-order valence-electron chi connectivity index (χ3n) is 5.50. The summed E-state index contributed by atoms with van der Waals surface area (Å²) in [5.74, 6) is -0.352. The van der Waals surface area contributed by atoms with Gasteiger partial charge in [0.25, 0.3) is 0 Å². The van der Waals surface area contributed by atoms with Crippen LogP contribution < -0.4 is 5.73 Å². The molecule has 148 valence electrons. The van der Waals surface area contributed by atoms with Crippen molar-refractivity contribution >= 4 is 22.5 Å². The summed E-state index contributed by atoms with van der Waals surface area (Å²) >= 11 is 0. The van der Waals surface area contributed by atoms with E-state index in [2.05, 4.69) is 17.0 Å². The normalized spacial score (nSPS) is 15.9. The van der Waals surface area contributed by atoms with Gasteiger partial charge >= 0.3 is 0 Å². The molecule has 0 bridgehead atoms. The van der Waals surface area contributed by atoms with E-state index in [1.165, 1.54) is 0 Å². The maximum atomic E-state index is 13.2. The average Bonchev–Trinajstić information content (AvgIpc) is 2.77. The first-order chi connectivity index (χ1) is 14.1. The van der Waals surface area contributed by atoms with Crippen LogP contribution in [0.3, 0.4) is 0 Å². The SMILES string of the molecule is NC(=O)c1ccc2cc(C(=O)C[C@@H](c3ccccc3)N3CCOCC3)ccc2c1. The molecule has 4 rings (SSSR count). The predicted molar refractivity (Wildman–Crippen MR) is 113 cm³/mol. The summed E-state index contributed by atoms with van der Waals surface area (Å²) in [6.45, 7) is 3.02. The van der Waals surface area contributed by atoms with E-state index in [-0.39, 0.29) is 11.8 Å². The van der Waals surface area contributed by atoms with Crippen molar-refractivity contribution < 1.29 is 14.3 Å². The number of Topliss-reactive ketones (excluding diaryl/α,β-unsaturated/α-hetero) is 1. The minimum atomic E-state index is -0.455. The van der Waals surface area contributed by atoms with Gasteiger partial charge in [0.2, 0.25) is 5.91 Å². The van der Waals surface area contributed by atoms with Gasteiger partial charge in [-0.3, -0.25) is 14.5 Å². The van der Waals surface area contributed by atoms with Crippen LogP contribution in [0.15, 0.2) is 66.7 Å². The molecule has 3 aromatic rings. The van der Waals surface area contributed by atoms with Gasteiger partial charge in [-0.15, -0.1) is 0 Å². The molecule has 2 N–H and O–H groups in total. The smallest absolute Gasteiger partial charge is 0.248 e. The molecule has 1 atom stereocenters. The van der Waals surface area contributed by atoms with E-state index in [4.69, 9.17) is 10.5 Å². The molecule has 1 aliphatic rings. The molecule has 0 aliphatic carbocycles. The van der Waals surface area contributed by atoms with E-state index >= 15 is 0 Å². The molecule has 1 fully saturated rings. The highest BCUT2D eigenvalue weighted by Gasteiger charge is 2.25. The van der Waals surface area contributed by atoms with E-state index in [0.717, 1.165) is 29.4 Å². The van der Waals surface area contributed by atoms with Gasteiger partial charge in [0, 0.05) is 36.7 Å². The molecule has 29 heavy (non-hydrogen) atoms. The summed E-state index contributed by atoms with van der Waals surface area (Å²) in [7, 11) is 0. The highest BCUT2D eigenvalue weighted by atomic mass is 16.5. The van der Waals surface area contributed by atoms with Gasteiger partial charge in [0.1, 0.15) is 0 Å². The zero-order valence-corrected chi connectivity index (χ0v) is 16.2. The number of ether oxygens (including phenoxy) is 1. The zero-order chi connectivity index (χ0) is 20.2. The molecule has 0 aromatic heterocycles. The molecule has 1 amide bonds. The Morgan fingerprint density at radius 1 is 0.897 bits per heavy atom. The van der Waals surface area contributed by atoms with E-state index in [9.17, 15) is 9.59 Å². The lowest BCUT2D eigenvalue weighted by Gasteiger charge is -2.34. The number of amides is 1. The number of fused-ring (bicyclic) bond motifs is 1. The maximum Gasteiger partial charge on any atom is 0.248 e. The average molecular weight is 388 g/mol. The maximum absolute atomic E-state index is 13.2. The molecule has 0 radical (unpaired) electrons. The summed E-state index contributed by atoms with van der Waals surface area (Å²) in [4.78, 5) is 26.9. The van der Waals surface area contributed by atoms with Crippen LogP contribution >= 0.6 is 0 Å². The van der Waals surface area contributed by atoms with Crippen LogP contribution in [0.1, 0.15) is 38.7 Å². The van der Waals surface area contributed by atoms with Crippen LogP contribution in [0.4, 0.5) is 0 Å². The molecule has 0 saturated carbocycles. The first kappa shape index (κ1) is 19.3. The number of hydrogen-bond donors (Lipinski definition) is 1. The molecule has 0 unspecified atom stereocenters. The van der Waals surface area contributed by atoms with Crippen molar-refractivity contribution in [2.75, 3.05) is 26.3 Å². The Labute approximate surface area is 170 Å². The summed E-state index contributed by atoms with van der Waals surface area (Å²) in [5, 5.41) is 1.81.